The van der Waals surface area contributed by atoms with Crippen LogP contribution < -0.4 is 15.5 Å². The van der Waals surface area contributed by atoms with Gasteiger partial charge in [0, 0.05) is 52.6 Å². The van der Waals surface area contributed by atoms with Crippen molar-refractivity contribution in [1.29, 1.82) is 0 Å². The largest absolute Gasteiger partial charge is 0.383 e. The molecule has 0 amide bonds. The van der Waals surface area contributed by atoms with Gasteiger partial charge >= 0.3 is 0 Å². The Kier molecular flexibility index (Phi) is 8.48. The Bertz CT molecular complexity index is 528. The summed E-state index contributed by atoms with van der Waals surface area (Å²) in [7, 11) is 1.70. The van der Waals surface area contributed by atoms with Crippen LogP contribution in [0.1, 0.15) is 19.4 Å². The second-order valence-corrected chi connectivity index (χ2v) is 6.06. The molecule has 7 heteroatoms. The number of methoxy groups -OCH3 is 1. The number of aromatic nitrogens is 1. The van der Waals surface area contributed by atoms with Gasteiger partial charge in [0.05, 0.1) is 13.2 Å². The molecule has 1 saturated heterocycles. The van der Waals surface area contributed by atoms with Gasteiger partial charge in [0.15, 0.2) is 5.96 Å². The van der Waals surface area contributed by atoms with Crippen LogP contribution in [-0.4, -0.2) is 75.4 Å². The summed E-state index contributed by atoms with van der Waals surface area (Å²) in [5.41, 5.74) is 1.17. The first-order valence-corrected chi connectivity index (χ1v) is 9.20. The van der Waals surface area contributed by atoms with Gasteiger partial charge in [0.1, 0.15) is 5.82 Å². The number of pyridine rings is 1. The van der Waals surface area contributed by atoms with Gasteiger partial charge in [0.25, 0.3) is 0 Å². The number of anilines is 1. The Hall–Kier alpha value is -1.86. The van der Waals surface area contributed by atoms with Gasteiger partial charge in [-0.1, -0.05) is 6.92 Å². The van der Waals surface area contributed by atoms with Crippen LogP contribution in [0, 0.1) is 0 Å². The zero-order valence-corrected chi connectivity index (χ0v) is 15.8. The fraction of sp³-hybridized carbons (Fsp3) is 0.667. The molecule has 0 aliphatic carbocycles. The summed E-state index contributed by atoms with van der Waals surface area (Å²) in [4.78, 5) is 14.0. The highest BCUT2D eigenvalue weighted by atomic mass is 16.5. The highest BCUT2D eigenvalue weighted by Gasteiger charge is 2.16. The quantitative estimate of drug-likeness (QED) is 0.414. The van der Waals surface area contributed by atoms with Gasteiger partial charge in [-0.15, -0.1) is 0 Å². The standard InChI is InChI=1S/C18H32N6O/c1-4-19-18(21-8-13-25-3)22-15-16-6-7-20-17(14-16)24-11-9-23(5-2)10-12-24/h6-7,14H,4-5,8-13,15H2,1-3H3,(H2,19,21,22). The molecular formula is C18H32N6O. The Morgan fingerprint density at radius 3 is 2.72 bits per heavy atom. The fourth-order valence-corrected chi connectivity index (χ4v) is 2.81. The van der Waals surface area contributed by atoms with Crippen LogP contribution in [0.2, 0.25) is 0 Å². The van der Waals surface area contributed by atoms with Crippen LogP contribution in [0.25, 0.3) is 0 Å². The summed E-state index contributed by atoms with van der Waals surface area (Å²) in [6, 6.07) is 4.19. The van der Waals surface area contributed by atoms with Gasteiger partial charge in [-0.05, 0) is 31.2 Å². The molecule has 1 aliphatic heterocycles. The van der Waals surface area contributed by atoms with E-state index in [-0.39, 0.29) is 0 Å². The van der Waals surface area contributed by atoms with E-state index in [9.17, 15) is 0 Å². The van der Waals surface area contributed by atoms with Crippen LogP contribution in [0.5, 0.6) is 0 Å². The van der Waals surface area contributed by atoms with Gasteiger partial charge in [0.2, 0.25) is 0 Å². The zero-order valence-electron chi connectivity index (χ0n) is 15.8. The predicted octanol–water partition coefficient (Wildman–Crippen LogP) is 0.925. The van der Waals surface area contributed by atoms with E-state index in [1.165, 1.54) is 5.56 Å². The number of ether oxygens (including phenoxy) is 1. The van der Waals surface area contributed by atoms with Crippen molar-refractivity contribution in [2.45, 2.75) is 20.4 Å². The molecule has 0 aromatic carbocycles. The molecule has 0 bridgehead atoms. The van der Waals surface area contributed by atoms with E-state index in [4.69, 9.17) is 4.74 Å². The Morgan fingerprint density at radius 1 is 1.24 bits per heavy atom. The van der Waals surface area contributed by atoms with Crippen LogP contribution in [0.4, 0.5) is 5.82 Å². The van der Waals surface area contributed by atoms with Gasteiger partial charge in [-0.3, -0.25) is 0 Å². The summed E-state index contributed by atoms with van der Waals surface area (Å²) < 4.78 is 5.07. The summed E-state index contributed by atoms with van der Waals surface area (Å²) in [6.45, 7) is 12.6. The lowest BCUT2D eigenvalue weighted by atomic mass is 10.2. The Morgan fingerprint density at radius 2 is 2.04 bits per heavy atom. The molecule has 2 N–H and O–H groups in total. The lowest BCUT2D eigenvalue weighted by Crippen LogP contribution is -2.46. The highest BCUT2D eigenvalue weighted by Crippen LogP contribution is 2.15. The monoisotopic (exact) mass is 348 g/mol. The highest BCUT2D eigenvalue weighted by molar-refractivity contribution is 5.79. The van der Waals surface area contributed by atoms with Crippen LogP contribution in [-0.2, 0) is 11.3 Å². The normalized spacial score (nSPS) is 16.1. The molecule has 0 atom stereocenters. The molecule has 140 valence electrons. The maximum Gasteiger partial charge on any atom is 0.191 e. The fourth-order valence-electron chi connectivity index (χ4n) is 2.81. The first kappa shape index (κ1) is 19.5. The number of nitrogens with one attached hydrogen (secondary N) is 2. The molecule has 1 aromatic rings. The number of piperazine rings is 1. The van der Waals surface area contributed by atoms with E-state index >= 15 is 0 Å². The second kappa shape index (κ2) is 10.9. The number of hydrogen-bond acceptors (Lipinski definition) is 5. The molecule has 0 saturated carbocycles. The molecule has 1 aliphatic rings. The first-order chi connectivity index (χ1) is 12.3. The van der Waals surface area contributed by atoms with Crippen molar-refractivity contribution in [3.05, 3.63) is 23.9 Å². The van der Waals surface area contributed by atoms with E-state index < -0.39 is 0 Å². The predicted molar refractivity (Wildman–Crippen MR) is 103 cm³/mol. The maximum absolute atomic E-state index is 5.07. The van der Waals surface area contributed by atoms with Gasteiger partial charge in [-0.2, -0.15) is 0 Å². The third kappa shape index (κ3) is 6.51. The molecule has 0 spiro atoms. The maximum atomic E-state index is 5.07. The lowest BCUT2D eigenvalue weighted by Gasteiger charge is -2.34. The van der Waals surface area contributed by atoms with Crippen molar-refractivity contribution in [2.75, 3.05) is 64.4 Å². The van der Waals surface area contributed by atoms with Crippen molar-refractivity contribution >= 4 is 11.8 Å². The van der Waals surface area contributed by atoms with Gasteiger partial charge in [-0.25, -0.2) is 9.98 Å². The van der Waals surface area contributed by atoms with Crippen molar-refractivity contribution in [3.8, 4) is 0 Å². The third-order valence-electron chi connectivity index (χ3n) is 4.32. The SMILES string of the molecule is CCNC(=NCc1ccnc(N2CCN(CC)CC2)c1)NCCOC. The summed E-state index contributed by atoms with van der Waals surface area (Å²) in [5.74, 6) is 1.87. The molecule has 7 nitrogen and oxygen atoms in total. The lowest BCUT2D eigenvalue weighted by molar-refractivity contribution is 0.203. The van der Waals surface area contributed by atoms with E-state index in [0.29, 0.717) is 13.2 Å². The van der Waals surface area contributed by atoms with Crippen molar-refractivity contribution in [2.24, 2.45) is 4.99 Å². The number of aliphatic imine (C=N–C) groups is 1. The second-order valence-electron chi connectivity index (χ2n) is 6.06. The molecular weight excluding hydrogens is 316 g/mol. The molecule has 1 fully saturated rings. The van der Waals surface area contributed by atoms with Crippen LogP contribution in [0.3, 0.4) is 0 Å². The van der Waals surface area contributed by atoms with Crippen LogP contribution >= 0.6 is 0 Å². The first-order valence-electron chi connectivity index (χ1n) is 9.20. The summed E-state index contributed by atoms with van der Waals surface area (Å²) >= 11 is 0. The van der Waals surface area contributed by atoms with E-state index in [0.717, 1.165) is 57.6 Å². The minimum Gasteiger partial charge on any atom is -0.383 e. The van der Waals surface area contributed by atoms with E-state index in [2.05, 4.69) is 50.3 Å². The molecule has 0 unspecified atom stereocenters. The summed E-state index contributed by atoms with van der Waals surface area (Å²) in [6.07, 6.45) is 1.89. The van der Waals surface area contributed by atoms with Crippen molar-refractivity contribution in [1.82, 2.24) is 20.5 Å². The zero-order chi connectivity index (χ0) is 17.9. The minimum absolute atomic E-state index is 0.632. The number of hydrogen-bond donors (Lipinski definition) is 2. The number of likely N-dealkylation sites (N-methyl/N-ethyl adjacent to an activating group) is 1. The number of nitrogens with zero attached hydrogens (tertiary/aromatic N) is 4. The Labute approximate surface area is 151 Å². The molecule has 2 rings (SSSR count). The number of guanidine groups is 1. The number of rotatable bonds is 8. The molecule has 2 heterocycles. The molecule has 1 aromatic heterocycles. The smallest absolute Gasteiger partial charge is 0.191 e. The van der Waals surface area contributed by atoms with Crippen molar-refractivity contribution < 1.29 is 4.74 Å². The summed E-state index contributed by atoms with van der Waals surface area (Å²) in [5, 5.41) is 6.52. The average Bonchev–Trinajstić information content (AvgIpc) is 2.66. The van der Waals surface area contributed by atoms with E-state index in [1.54, 1.807) is 7.11 Å². The van der Waals surface area contributed by atoms with Crippen molar-refractivity contribution in [3.63, 3.8) is 0 Å². The third-order valence-corrected chi connectivity index (χ3v) is 4.32. The topological polar surface area (TPSA) is 65.0 Å². The van der Waals surface area contributed by atoms with Gasteiger partial charge < -0.3 is 25.2 Å². The minimum atomic E-state index is 0.632. The van der Waals surface area contributed by atoms with E-state index in [1.807, 2.05) is 12.3 Å². The Balaban J connectivity index is 1.94. The van der Waals surface area contributed by atoms with Crippen LogP contribution in [0.15, 0.2) is 23.3 Å². The molecule has 0 radical (unpaired) electrons. The average molecular weight is 348 g/mol. The molecule has 25 heavy (non-hydrogen) atoms.